The van der Waals surface area contributed by atoms with Crippen molar-refractivity contribution in [3.8, 4) is 0 Å². The highest BCUT2D eigenvalue weighted by molar-refractivity contribution is 6.10. The fourth-order valence-corrected chi connectivity index (χ4v) is 3.17. The molecule has 184 valence electrons. The van der Waals surface area contributed by atoms with Gasteiger partial charge < -0.3 is 16.2 Å². The van der Waals surface area contributed by atoms with Gasteiger partial charge in [-0.15, -0.1) is 5.10 Å². The van der Waals surface area contributed by atoms with Crippen LogP contribution in [-0.2, 0) is 40.6 Å². The number of carboxylic acid groups (broad SMARTS) is 1. The summed E-state index contributed by atoms with van der Waals surface area (Å²) in [5.41, 5.74) is 6.36. The van der Waals surface area contributed by atoms with E-state index in [-0.39, 0.29) is 6.54 Å². The summed E-state index contributed by atoms with van der Waals surface area (Å²) >= 11 is 0. The minimum Gasteiger partial charge on any atom is -0.480 e. The summed E-state index contributed by atoms with van der Waals surface area (Å²) in [7, 11) is 0. The van der Waals surface area contributed by atoms with Crippen LogP contribution in [-0.4, -0.2) is 64.2 Å². The van der Waals surface area contributed by atoms with Gasteiger partial charge in [0.05, 0.1) is 23.3 Å². The monoisotopic (exact) mass is 480 g/mol. The highest BCUT2D eigenvalue weighted by Gasteiger charge is 2.38. The molecule has 3 aromatic rings. The number of aromatic nitrogens is 5. The Kier molecular flexibility index (Phi) is 8.34. The number of carbonyl (C=O) groups excluding carboxylic acids is 2. The Hall–Kier alpha value is -4.03. The standard InChI is InChI=1S/C23H28N8O4/c1-16(21(33)34)27-22(35)23(2,24)20(32)15-31-14-19(28-29-31)13-30(11-17-7-3-5-9-25-17)12-18-8-4-6-10-26-18/h3-10,14,16H,11-13,15,24H2,1-2H3,(H,27,35)(H,33,34)/t16-,23+/m1/s1. The maximum absolute atomic E-state index is 12.7. The van der Waals surface area contributed by atoms with Crippen LogP contribution in [0.25, 0.3) is 0 Å². The first-order valence-corrected chi connectivity index (χ1v) is 10.9. The molecular formula is C23H28N8O4. The molecule has 4 N–H and O–H groups in total. The van der Waals surface area contributed by atoms with Gasteiger partial charge in [-0.25, -0.2) is 4.68 Å². The lowest BCUT2D eigenvalue weighted by molar-refractivity contribution is -0.144. The van der Waals surface area contributed by atoms with Crippen LogP contribution >= 0.6 is 0 Å². The number of pyridine rings is 2. The Balaban J connectivity index is 1.67. The second kappa shape index (κ2) is 11.4. The number of nitrogens with two attached hydrogens (primary N) is 1. The van der Waals surface area contributed by atoms with E-state index in [0.29, 0.717) is 25.3 Å². The number of nitrogens with zero attached hydrogens (tertiary/aromatic N) is 6. The van der Waals surface area contributed by atoms with Gasteiger partial charge in [-0.1, -0.05) is 17.3 Å². The van der Waals surface area contributed by atoms with E-state index >= 15 is 0 Å². The zero-order valence-electron chi connectivity index (χ0n) is 19.5. The number of rotatable bonds is 12. The van der Waals surface area contributed by atoms with Crippen LogP contribution in [0.2, 0.25) is 0 Å². The van der Waals surface area contributed by atoms with E-state index in [9.17, 15) is 14.4 Å². The molecule has 0 aliphatic carbocycles. The summed E-state index contributed by atoms with van der Waals surface area (Å²) in [4.78, 5) is 46.8. The maximum atomic E-state index is 12.7. The third-order valence-corrected chi connectivity index (χ3v) is 5.27. The first-order valence-electron chi connectivity index (χ1n) is 10.9. The van der Waals surface area contributed by atoms with Gasteiger partial charge in [-0.05, 0) is 38.1 Å². The van der Waals surface area contributed by atoms with Crippen molar-refractivity contribution in [1.29, 1.82) is 0 Å². The van der Waals surface area contributed by atoms with Crippen LogP contribution in [0.4, 0.5) is 0 Å². The molecule has 0 unspecified atom stereocenters. The van der Waals surface area contributed by atoms with Gasteiger partial charge in [0.15, 0.2) is 11.3 Å². The number of aliphatic carboxylic acids is 1. The molecule has 1 amide bonds. The number of amides is 1. The predicted molar refractivity (Wildman–Crippen MR) is 124 cm³/mol. The van der Waals surface area contributed by atoms with Crippen LogP contribution in [0.1, 0.15) is 30.9 Å². The highest BCUT2D eigenvalue weighted by Crippen LogP contribution is 2.11. The molecule has 0 aliphatic rings. The quantitative estimate of drug-likeness (QED) is 0.303. The third-order valence-electron chi connectivity index (χ3n) is 5.27. The number of carbonyl (C=O) groups is 3. The molecular weight excluding hydrogens is 452 g/mol. The summed E-state index contributed by atoms with van der Waals surface area (Å²) in [6, 6.07) is 10.2. The third kappa shape index (κ3) is 7.22. The van der Waals surface area contributed by atoms with E-state index in [1.165, 1.54) is 18.5 Å². The van der Waals surface area contributed by atoms with Gasteiger partial charge in [0, 0.05) is 32.0 Å². The van der Waals surface area contributed by atoms with Gasteiger partial charge in [0.2, 0.25) is 5.91 Å². The van der Waals surface area contributed by atoms with Crippen LogP contribution < -0.4 is 11.1 Å². The molecule has 12 heteroatoms. The fraction of sp³-hybridized carbons (Fsp3) is 0.348. The second-order valence-electron chi connectivity index (χ2n) is 8.35. The van der Waals surface area contributed by atoms with E-state index in [0.717, 1.165) is 11.4 Å². The summed E-state index contributed by atoms with van der Waals surface area (Å²) in [6.45, 7) is 3.73. The predicted octanol–water partition coefficient (Wildman–Crippen LogP) is 0.146. The fourth-order valence-electron chi connectivity index (χ4n) is 3.17. The smallest absolute Gasteiger partial charge is 0.325 e. The van der Waals surface area contributed by atoms with Crippen molar-refractivity contribution >= 4 is 17.7 Å². The van der Waals surface area contributed by atoms with Crippen molar-refractivity contribution in [2.24, 2.45) is 5.73 Å². The Morgan fingerprint density at radius 2 is 1.63 bits per heavy atom. The van der Waals surface area contributed by atoms with E-state index < -0.39 is 29.2 Å². The molecule has 0 saturated heterocycles. The Bertz CT molecular complexity index is 1110. The number of hydrogen-bond donors (Lipinski definition) is 3. The number of Topliss-reactive ketones (excluding diaryl/α,β-unsaturated/α-hetero) is 1. The SMILES string of the molecule is C[C@@H](NC(=O)[C@@](C)(N)C(=O)Cn1cc(CN(Cc2ccccn2)Cc2ccccn2)nn1)C(=O)O. The molecule has 0 spiro atoms. The molecule has 0 fully saturated rings. The van der Waals surface area contributed by atoms with E-state index in [2.05, 4.69) is 30.5 Å². The first-order chi connectivity index (χ1) is 16.6. The zero-order chi connectivity index (χ0) is 25.4. The van der Waals surface area contributed by atoms with Gasteiger partial charge >= 0.3 is 5.97 Å². The lowest BCUT2D eigenvalue weighted by Crippen LogP contribution is -2.60. The highest BCUT2D eigenvalue weighted by atomic mass is 16.4. The summed E-state index contributed by atoms with van der Waals surface area (Å²) < 4.78 is 1.30. The number of ketones is 1. The second-order valence-corrected chi connectivity index (χ2v) is 8.35. The zero-order valence-corrected chi connectivity index (χ0v) is 19.5. The van der Waals surface area contributed by atoms with Gasteiger partial charge in [0.25, 0.3) is 0 Å². The maximum Gasteiger partial charge on any atom is 0.325 e. The van der Waals surface area contributed by atoms with Gasteiger partial charge in [-0.2, -0.15) is 0 Å². The summed E-state index contributed by atoms with van der Waals surface area (Å²) in [5, 5.41) is 19.3. The van der Waals surface area contributed by atoms with E-state index in [1.807, 2.05) is 36.4 Å². The van der Waals surface area contributed by atoms with Crippen molar-refractivity contribution in [3.63, 3.8) is 0 Å². The number of nitrogens with one attached hydrogen (secondary N) is 1. The van der Waals surface area contributed by atoms with Crippen molar-refractivity contribution < 1.29 is 19.5 Å². The lowest BCUT2D eigenvalue weighted by Gasteiger charge is -2.23. The lowest BCUT2D eigenvalue weighted by atomic mass is 9.96. The largest absolute Gasteiger partial charge is 0.480 e. The Labute approximate surface area is 202 Å². The van der Waals surface area contributed by atoms with E-state index in [4.69, 9.17) is 10.8 Å². The molecule has 2 atom stereocenters. The number of carboxylic acids is 1. The Morgan fingerprint density at radius 1 is 1.06 bits per heavy atom. The molecule has 0 aliphatic heterocycles. The minimum atomic E-state index is -1.93. The van der Waals surface area contributed by atoms with Gasteiger partial charge in [0.1, 0.15) is 12.6 Å². The Morgan fingerprint density at radius 3 is 2.14 bits per heavy atom. The van der Waals surface area contributed by atoms with Crippen LogP contribution in [0.3, 0.4) is 0 Å². The van der Waals surface area contributed by atoms with Crippen LogP contribution in [0.15, 0.2) is 55.0 Å². The van der Waals surface area contributed by atoms with Gasteiger partial charge in [-0.3, -0.25) is 29.3 Å². The summed E-state index contributed by atoms with van der Waals surface area (Å²) in [5.74, 6) is -2.75. The topological polar surface area (TPSA) is 169 Å². The molecule has 35 heavy (non-hydrogen) atoms. The van der Waals surface area contributed by atoms with Crippen molar-refractivity contribution in [3.05, 3.63) is 72.1 Å². The first kappa shape index (κ1) is 25.6. The molecule has 3 rings (SSSR count). The molecule has 0 bridgehead atoms. The average Bonchev–Trinajstić information content (AvgIpc) is 3.26. The van der Waals surface area contributed by atoms with Crippen LogP contribution in [0.5, 0.6) is 0 Å². The molecule has 12 nitrogen and oxygen atoms in total. The molecule has 3 heterocycles. The average molecular weight is 481 g/mol. The number of hydrogen-bond acceptors (Lipinski definition) is 9. The van der Waals surface area contributed by atoms with Crippen molar-refractivity contribution in [2.75, 3.05) is 0 Å². The minimum absolute atomic E-state index is 0.296. The van der Waals surface area contributed by atoms with Crippen molar-refractivity contribution in [2.45, 2.75) is 51.6 Å². The van der Waals surface area contributed by atoms with E-state index in [1.54, 1.807) is 18.6 Å². The molecule has 0 saturated carbocycles. The molecule has 0 radical (unpaired) electrons. The molecule has 3 aromatic heterocycles. The van der Waals surface area contributed by atoms with Crippen molar-refractivity contribution in [1.82, 2.24) is 35.2 Å². The molecule has 0 aromatic carbocycles. The normalized spacial score (nSPS) is 13.7. The summed E-state index contributed by atoms with van der Waals surface area (Å²) in [6.07, 6.45) is 5.07. The van der Waals surface area contributed by atoms with Crippen LogP contribution in [0, 0.1) is 0 Å².